The summed E-state index contributed by atoms with van der Waals surface area (Å²) >= 11 is 5.80. The van der Waals surface area contributed by atoms with E-state index in [1.54, 1.807) is 6.07 Å². The first-order valence-electron chi connectivity index (χ1n) is 5.42. The van der Waals surface area contributed by atoms with Crippen LogP contribution >= 0.6 is 11.6 Å². The maximum atomic E-state index is 13.4. The van der Waals surface area contributed by atoms with E-state index in [1.165, 1.54) is 12.1 Å². The van der Waals surface area contributed by atoms with Crippen LogP contribution in [0.15, 0.2) is 18.2 Å². The summed E-state index contributed by atoms with van der Waals surface area (Å²) < 4.78 is 13.4. The topological polar surface area (TPSA) is 40.5 Å². The molecule has 17 heavy (non-hydrogen) atoms. The van der Waals surface area contributed by atoms with Crippen molar-refractivity contribution in [2.75, 3.05) is 13.1 Å². The largest absolute Gasteiger partial charge is 0.481 e. The molecular formula is C12H13ClFNO2. The Hall–Kier alpha value is -1.13. The molecule has 2 rings (SSSR count). The molecule has 0 aromatic heterocycles. The maximum Gasteiger partial charge on any atom is 0.303 e. The van der Waals surface area contributed by atoms with Crippen LogP contribution in [0, 0.1) is 11.7 Å². The summed E-state index contributed by atoms with van der Waals surface area (Å²) in [7, 11) is 0. The zero-order chi connectivity index (χ0) is 12.4. The molecule has 0 spiro atoms. The fourth-order valence-electron chi connectivity index (χ4n) is 2.09. The van der Waals surface area contributed by atoms with Crippen molar-refractivity contribution in [2.24, 2.45) is 5.92 Å². The van der Waals surface area contributed by atoms with Crippen molar-refractivity contribution in [1.82, 2.24) is 4.90 Å². The lowest BCUT2D eigenvalue weighted by Crippen LogP contribution is -2.46. The van der Waals surface area contributed by atoms with Crippen LogP contribution in [0.1, 0.15) is 12.0 Å². The molecule has 1 aliphatic heterocycles. The van der Waals surface area contributed by atoms with E-state index >= 15 is 0 Å². The Balaban J connectivity index is 1.87. The number of hydrogen-bond donors (Lipinski definition) is 1. The first-order valence-corrected chi connectivity index (χ1v) is 5.80. The van der Waals surface area contributed by atoms with E-state index in [-0.39, 0.29) is 18.2 Å². The predicted molar refractivity (Wildman–Crippen MR) is 62.4 cm³/mol. The van der Waals surface area contributed by atoms with Gasteiger partial charge in [0.05, 0.1) is 6.42 Å². The number of nitrogens with zero attached hydrogens (tertiary/aromatic N) is 1. The zero-order valence-corrected chi connectivity index (χ0v) is 9.95. The molecule has 0 unspecified atom stereocenters. The molecule has 92 valence electrons. The van der Waals surface area contributed by atoms with Crippen LogP contribution in [0.5, 0.6) is 0 Å². The Labute approximate surface area is 104 Å². The van der Waals surface area contributed by atoms with Crippen LogP contribution in [0.4, 0.5) is 4.39 Å². The molecule has 5 heteroatoms. The smallest absolute Gasteiger partial charge is 0.303 e. The highest BCUT2D eigenvalue weighted by Crippen LogP contribution is 2.23. The van der Waals surface area contributed by atoms with Crippen LogP contribution in [-0.2, 0) is 11.3 Å². The quantitative estimate of drug-likeness (QED) is 0.900. The molecule has 3 nitrogen and oxygen atoms in total. The number of carboxylic acid groups (broad SMARTS) is 1. The third-order valence-corrected chi connectivity index (χ3v) is 3.13. The van der Waals surface area contributed by atoms with Gasteiger partial charge in [0.1, 0.15) is 5.82 Å². The van der Waals surface area contributed by atoms with Crippen molar-refractivity contribution in [3.05, 3.63) is 34.6 Å². The summed E-state index contributed by atoms with van der Waals surface area (Å²) in [5, 5.41) is 9.13. The monoisotopic (exact) mass is 257 g/mol. The summed E-state index contributed by atoms with van der Waals surface area (Å²) in [6, 6.07) is 4.48. The predicted octanol–water partition coefficient (Wildman–Crippen LogP) is 2.39. The van der Waals surface area contributed by atoms with E-state index in [0.29, 0.717) is 30.2 Å². The molecule has 1 aromatic rings. The molecule has 0 radical (unpaired) electrons. The molecule has 1 aliphatic rings. The van der Waals surface area contributed by atoms with E-state index < -0.39 is 5.97 Å². The second kappa shape index (κ2) is 5.02. The van der Waals surface area contributed by atoms with E-state index in [2.05, 4.69) is 0 Å². The molecule has 1 fully saturated rings. The molecule has 1 heterocycles. The Morgan fingerprint density at radius 3 is 2.88 bits per heavy atom. The van der Waals surface area contributed by atoms with Gasteiger partial charge in [-0.2, -0.15) is 0 Å². The van der Waals surface area contributed by atoms with Crippen molar-refractivity contribution >= 4 is 17.6 Å². The molecule has 1 aromatic carbocycles. The highest BCUT2D eigenvalue weighted by molar-refractivity contribution is 6.30. The van der Waals surface area contributed by atoms with Crippen molar-refractivity contribution in [2.45, 2.75) is 13.0 Å². The summed E-state index contributed by atoms with van der Waals surface area (Å²) in [6.45, 7) is 1.90. The normalized spacial score (nSPS) is 16.8. The third kappa shape index (κ3) is 3.17. The van der Waals surface area contributed by atoms with Gasteiger partial charge in [0.15, 0.2) is 0 Å². The number of hydrogen-bond acceptors (Lipinski definition) is 2. The lowest BCUT2D eigenvalue weighted by molar-refractivity contribution is -0.139. The van der Waals surface area contributed by atoms with Crippen molar-refractivity contribution < 1.29 is 14.3 Å². The maximum absolute atomic E-state index is 13.4. The van der Waals surface area contributed by atoms with Crippen LogP contribution in [0.25, 0.3) is 0 Å². The second-order valence-corrected chi connectivity index (χ2v) is 4.83. The molecular weight excluding hydrogens is 245 g/mol. The lowest BCUT2D eigenvalue weighted by atomic mass is 9.96. The molecule has 0 bridgehead atoms. The zero-order valence-electron chi connectivity index (χ0n) is 9.20. The fourth-order valence-corrected chi connectivity index (χ4v) is 2.28. The Morgan fingerprint density at radius 2 is 2.24 bits per heavy atom. The summed E-state index contributed by atoms with van der Waals surface area (Å²) in [6.07, 6.45) is 0.189. The van der Waals surface area contributed by atoms with Crippen LogP contribution in [0.3, 0.4) is 0 Å². The molecule has 0 saturated carbocycles. The first kappa shape index (κ1) is 12.3. The number of benzene rings is 1. The second-order valence-electron chi connectivity index (χ2n) is 4.39. The van der Waals surface area contributed by atoms with Gasteiger partial charge in [-0.05, 0) is 24.1 Å². The van der Waals surface area contributed by atoms with Crippen LogP contribution in [-0.4, -0.2) is 29.1 Å². The molecule has 0 amide bonds. The van der Waals surface area contributed by atoms with Gasteiger partial charge in [0, 0.05) is 30.2 Å². The van der Waals surface area contributed by atoms with Gasteiger partial charge in [0.2, 0.25) is 0 Å². The summed E-state index contributed by atoms with van der Waals surface area (Å²) in [5.41, 5.74) is 0.561. The summed E-state index contributed by atoms with van der Waals surface area (Å²) in [4.78, 5) is 12.5. The fraction of sp³-hybridized carbons (Fsp3) is 0.417. The van der Waals surface area contributed by atoms with Gasteiger partial charge in [-0.3, -0.25) is 9.69 Å². The Morgan fingerprint density at radius 1 is 1.53 bits per heavy atom. The number of rotatable bonds is 4. The Kier molecular flexibility index (Phi) is 3.64. The average Bonchev–Trinajstić information content (AvgIpc) is 2.19. The minimum Gasteiger partial charge on any atom is -0.481 e. The number of aliphatic carboxylic acids is 1. The van der Waals surface area contributed by atoms with Gasteiger partial charge in [-0.15, -0.1) is 0 Å². The minimum absolute atomic E-state index is 0.189. The van der Waals surface area contributed by atoms with Gasteiger partial charge < -0.3 is 5.11 Å². The van der Waals surface area contributed by atoms with Crippen molar-refractivity contribution in [1.29, 1.82) is 0 Å². The highest BCUT2D eigenvalue weighted by Gasteiger charge is 2.28. The van der Waals surface area contributed by atoms with Crippen molar-refractivity contribution in [3.63, 3.8) is 0 Å². The molecule has 1 N–H and O–H groups in total. The SMILES string of the molecule is O=C(O)CC1CN(Cc2cc(Cl)ccc2F)C1. The van der Waals surface area contributed by atoms with Crippen molar-refractivity contribution in [3.8, 4) is 0 Å². The highest BCUT2D eigenvalue weighted by atomic mass is 35.5. The lowest BCUT2D eigenvalue weighted by Gasteiger charge is -2.38. The Bertz CT molecular complexity index is 433. The van der Waals surface area contributed by atoms with Crippen LogP contribution < -0.4 is 0 Å². The van der Waals surface area contributed by atoms with Gasteiger partial charge in [-0.25, -0.2) is 4.39 Å². The van der Waals surface area contributed by atoms with E-state index in [1.807, 2.05) is 4.90 Å². The standard InChI is InChI=1S/C12H13ClFNO2/c13-10-1-2-11(14)9(4-10)7-15-5-8(6-15)3-12(16)17/h1-2,4,8H,3,5-7H2,(H,16,17). The van der Waals surface area contributed by atoms with Gasteiger partial charge >= 0.3 is 5.97 Å². The van der Waals surface area contributed by atoms with E-state index in [0.717, 1.165) is 0 Å². The van der Waals surface area contributed by atoms with Crippen LogP contribution in [0.2, 0.25) is 5.02 Å². The third-order valence-electron chi connectivity index (χ3n) is 2.90. The number of halogens is 2. The first-order chi connectivity index (χ1) is 8.04. The number of likely N-dealkylation sites (tertiary alicyclic amines) is 1. The van der Waals surface area contributed by atoms with Gasteiger partial charge in [0.25, 0.3) is 0 Å². The molecule has 0 aliphatic carbocycles. The van der Waals surface area contributed by atoms with E-state index in [9.17, 15) is 9.18 Å². The number of carbonyl (C=O) groups is 1. The van der Waals surface area contributed by atoms with E-state index in [4.69, 9.17) is 16.7 Å². The van der Waals surface area contributed by atoms with Gasteiger partial charge in [-0.1, -0.05) is 11.6 Å². The summed E-state index contributed by atoms with van der Waals surface area (Å²) in [5.74, 6) is -0.852. The number of carboxylic acids is 1. The molecule has 0 atom stereocenters. The minimum atomic E-state index is -0.774. The average molecular weight is 258 g/mol. The molecule has 1 saturated heterocycles.